The molecule has 1 aromatic rings. The van der Waals surface area contributed by atoms with E-state index >= 15 is 0 Å². The van der Waals surface area contributed by atoms with E-state index in [4.69, 9.17) is 19.9 Å². The Bertz CT molecular complexity index is 411. The molecule has 1 aliphatic carbocycles. The van der Waals surface area contributed by atoms with Crippen molar-refractivity contribution in [2.45, 2.75) is 38.2 Å². The third-order valence-electron chi connectivity index (χ3n) is 4.38. The minimum atomic E-state index is -0.129. The van der Waals surface area contributed by atoms with Crippen LogP contribution in [0.3, 0.4) is 0 Å². The van der Waals surface area contributed by atoms with Crippen LogP contribution in [0.4, 0.5) is 0 Å². The van der Waals surface area contributed by atoms with E-state index in [1.54, 1.807) is 7.11 Å². The van der Waals surface area contributed by atoms with E-state index < -0.39 is 0 Å². The van der Waals surface area contributed by atoms with E-state index in [1.165, 1.54) is 12.8 Å². The monoisotopic (exact) mass is 293 g/mol. The molecule has 1 aromatic carbocycles. The van der Waals surface area contributed by atoms with Gasteiger partial charge in [-0.3, -0.25) is 0 Å². The van der Waals surface area contributed by atoms with Crippen LogP contribution in [0.5, 0.6) is 11.5 Å². The zero-order valence-corrected chi connectivity index (χ0v) is 13.1. The quantitative estimate of drug-likeness (QED) is 0.785. The van der Waals surface area contributed by atoms with Crippen LogP contribution in [0.25, 0.3) is 0 Å². The van der Waals surface area contributed by atoms with Gasteiger partial charge in [0.15, 0.2) is 0 Å². The molecular formula is C17H27NO3. The maximum atomic E-state index is 6.06. The zero-order chi connectivity index (χ0) is 15.1. The second-order valence-electron chi connectivity index (χ2n) is 5.94. The number of ether oxygens (including phenoxy) is 3. The van der Waals surface area contributed by atoms with E-state index in [9.17, 15) is 0 Å². The highest BCUT2D eigenvalue weighted by molar-refractivity contribution is 5.31. The van der Waals surface area contributed by atoms with Crippen LogP contribution in [0, 0.1) is 5.92 Å². The fourth-order valence-electron chi connectivity index (χ4n) is 2.79. The molecule has 2 N–H and O–H groups in total. The number of hydrogen-bond donors (Lipinski definition) is 1. The molecule has 0 aliphatic heterocycles. The van der Waals surface area contributed by atoms with Crippen molar-refractivity contribution in [2.75, 3.05) is 26.9 Å². The van der Waals surface area contributed by atoms with Crippen molar-refractivity contribution in [1.29, 1.82) is 0 Å². The third kappa shape index (κ3) is 4.61. The number of hydrogen-bond acceptors (Lipinski definition) is 4. The van der Waals surface area contributed by atoms with Crippen LogP contribution in [0.1, 0.15) is 32.6 Å². The topological polar surface area (TPSA) is 53.7 Å². The van der Waals surface area contributed by atoms with Crippen LogP contribution < -0.4 is 15.2 Å². The van der Waals surface area contributed by atoms with Crippen LogP contribution in [0.2, 0.25) is 0 Å². The lowest BCUT2D eigenvalue weighted by Crippen LogP contribution is -2.44. The first kappa shape index (κ1) is 16.1. The minimum absolute atomic E-state index is 0.129. The first-order chi connectivity index (χ1) is 10.2. The smallest absolute Gasteiger partial charge is 0.119 e. The highest BCUT2D eigenvalue weighted by Crippen LogP contribution is 2.33. The lowest BCUT2D eigenvalue weighted by atomic mass is 9.79. The molecule has 1 saturated carbocycles. The van der Waals surface area contributed by atoms with Crippen molar-refractivity contribution in [3.8, 4) is 11.5 Å². The molecule has 1 aliphatic rings. The van der Waals surface area contributed by atoms with Crippen LogP contribution in [0.15, 0.2) is 24.3 Å². The fourth-order valence-corrected chi connectivity index (χ4v) is 2.79. The molecule has 2 rings (SSSR count). The van der Waals surface area contributed by atoms with Gasteiger partial charge < -0.3 is 19.9 Å². The number of rotatable bonds is 7. The van der Waals surface area contributed by atoms with Gasteiger partial charge in [0.1, 0.15) is 18.1 Å². The molecule has 0 bridgehead atoms. The molecule has 0 aromatic heterocycles. The second kappa shape index (κ2) is 7.66. The summed E-state index contributed by atoms with van der Waals surface area (Å²) in [6.45, 7) is 4.02. The molecule has 1 fully saturated rings. The summed E-state index contributed by atoms with van der Waals surface area (Å²) in [5.41, 5.74) is 5.80. The summed E-state index contributed by atoms with van der Waals surface area (Å²) < 4.78 is 16.9. The van der Waals surface area contributed by atoms with Crippen molar-refractivity contribution in [1.82, 2.24) is 0 Å². The largest absolute Gasteiger partial charge is 0.497 e. The Labute approximate surface area is 127 Å². The van der Waals surface area contributed by atoms with Crippen LogP contribution in [-0.2, 0) is 4.74 Å². The zero-order valence-electron chi connectivity index (χ0n) is 13.1. The summed E-state index contributed by atoms with van der Waals surface area (Å²) >= 11 is 0. The van der Waals surface area contributed by atoms with Crippen molar-refractivity contribution >= 4 is 0 Å². The number of nitrogens with two attached hydrogens (primary N) is 1. The van der Waals surface area contributed by atoms with Crippen molar-refractivity contribution in [3.05, 3.63) is 24.3 Å². The van der Waals surface area contributed by atoms with Gasteiger partial charge in [0.2, 0.25) is 0 Å². The van der Waals surface area contributed by atoms with E-state index in [0.717, 1.165) is 30.3 Å². The SMILES string of the molecule is COc1ccc(OCCOC2(CN)CCC(C)CC2)cc1. The molecule has 21 heavy (non-hydrogen) atoms. The summed E-state index contributed by atoms with van der Waals surface area (Å²) in [6.07, 6.45) is 4.54. The third-order valence-corrected chi connectivity index (χ3v) is 4.38. The second-order valence-corrected chi connectivity index (χ2v) is 5.94. The Morgan fingerprint density at radius 3 is 2.29 bits per heavy atom. The van der Waals surface area contributed by atoms with Crippen LogP contribution in [-0.4, -0.2) is 32.5 Å². The molecule has 118 valence electrons. The lowest BCUT2D eigenvalue weighted by Gasteiger charge is -2.38. The molecule has 0 saturated heterocycles. The summed E-state index contributed by atoms with van der Waals surface area (Å²) in [4.78, 5) is 0. The number of methoxy groups -OCH3 is 1. The molecule has 0 radical (unpaired) electrons. The standard InChI is InChI=1S/C17H27NO3/c1-14-7-9-17(13-18,10-8-14)21-12-11-20-16-5-3-15(19-2)4-6-16/h3-6,14H,7-13,18H2,1-2H3. The fraction of sp³-hybridized carbons (Fsp3) is 0.647. The molecule has 0 unspecified atom stereocenters. The van der Waals surface area contributed by atoms with Gasteiger partial charge in [0.05, 0.1) is 19.3 Å². The first-order valence-corrected chi connectivity index (χ1v) is 7.78. The van der Waals surface area contributed by atoms with Crippen LogP contribution >= 0.6 is 0 Å². The maximum absolute atomic E-state index is 6.06. The molecule has 0 atom stereocenters. The van der Waals surface area contributed by atoms with Gasteiger partial charge in [0.25, 0.3) is 0 Å². The van der Waals surface area contributed by atoms with E-state index in [1.807, 2.05) is 24.3 Å². The van der Waals surface area contributed by atoms with Gasteiger partial charge >= 0.3 is 0 Å². The minimum Gasteiger partial charge on any atom is -0.497 e. The van der Waals surface area contributed by atoms with Gasteiger partial charge in [-0.2, -0.15) is 0 Å². The average molecular weight is 293 g/mol. The number of benzene rings is 1. The summed E-state index contributed by atoms with van der Waals surface area (Å²) in [7, 11) is 1.65. The normalized spacial score (nSPS) is 25.6. The highest BCUT2D eigenvalue weighted by Gasteiger charge is 2.33. The van der Waals surface area contributed by atoms with Gasteiger partial charge in [0, 0.05) is 6.54 Å². The Morgan fingerprint density at radius 2 is 1.71 bits per heavy atom. The molecule has 0 amide bonds. The van der Waals surface area contributed by atoms with Gasteiger partial charge in [-0.05, 0) is 55.9 Å². The van der Waals surface area contributed by atoms with E-state index in [2.05, 4.69) is 6.92 Å². The van der Waals surface area contributed by atoms with Crippen molar-refractivity contribution < 1.29 is 14.2 Å². The van der Waals surface area contributed by atoms with Crippen molar-refractivity contribution in [2.24, 2.45) is 11.7 Å². The molecule has 0 spiro atoms. The Kier molecular flexibility index (Phi) is 5.88. The Balaban J connectivity index is 1.72. The molecule has 0 heterocycles. The van der Waals surface area contributed by atoms with Gasteiger partial charge in [-0.15, -0.1) is 0 Å². The summed E-state index contributed by atoms with van der Waals surface area (Å²) in [5.74, 6) is 2.46. The summed E-state index contributed by atoms with van der Waals surface area (Å²) in [6, 6.07) is 7.58. The molecule has 4 nitrogen and oxygen atoms in total. The average Bonchev–Trinajstić information content (AvgIpc) is 2.54. The predicted molar refractivity (Wildman–Crippen MR) is 83.9 cm³/mol. The molecular weight excluding hydrogens is 266 g/mol. The summed E-state index contributed by atoms with van der Waals surface area (Å²) in [5, 5.41) is 0. The van der Waals surface area contributed by atoms with E-state index in [0.29, 0.717) is 19.8 Å². The lowest BCUT2D eigenvalue weighted by molar-refractivity contribution is -0.0776. The Hall–Kier alpha value is -1.26. The van der Waals surface area contributed by atoms with E-state index in [-0.39, 0.29) is 5.60 Å². The highest BCUT2D eigenvalue weighted by atomic mass is 16.5. The predicted octanol–water partition coefficient (Wildman–Crippen LogP) is 3.00. The van der Waals surface area contributed by atoms with Crippen molar-refractivity contribution in [3.63, 3.8) is 0 Å². The van der Waals surface area contributed by atoms with Gasteiger partial charge in [-0.25, -0.2) is 0 Å². The Morgan fingerprint density at radius 1 is 1.10 bits per heavy atom. The molecule has 4 heteroatoms. The van der Waals surface area contributed by atoms with Gasteiger partial charge in [-0.1, -0.05) is 6.92 Å². The maximum Gasteiger partial charge on any atom is 0.119 e. The first-order valence-electron chi connectivity index (χ1n) is 7.78.